The number of hydrogen-bond acceptors (Lipinski definition) is 4. The lowest BCUT2D eigenvalue weighted by Gasteiger charge is -2.35. The van der Waals surface area contributed by atoms with Crippen molar-refractivity contribution < 1.29 is 14.3 Å². The molecule has 0 radical (unpaired) electrons. The minimum atomic E-state index is -0.0943. The number of fused-ring (bicyclic) bond motifs is 1. The number of urea groups is 1. The van der Waals surface area contributed by atoms with Crippen LogP contribution in [0.15, 0.2) is 12.1 Å². The van der Waals surface area contributed by atoms with Crippen molar-refractivity contribution in [3.05, 3.63) is 23.4 Å². The van der Waals surface area contributed by atoms with E-state index < -0.39 is 0 Å². The molecule has 1 aromatic heterocycles. The van der Waals surface area contributed by atoms with Gasteiger partial charge >= 0.3 is 6.03 Å². The van der Waals surface area contributed by atoms with Crippen LogP contribution in [0.3, 0.4) is 0 Å². The number of likely N-dealkylation sites (N-methyl/N-ethyl adjacent to an activating group) is 1. The number of carbonyl (C=O) groups excluding carboxylic acids is 2. The molecule has 2 fully saturated rings. The third-order valence-corrected chi connectivity index (χ3v) is 4.50. The molecular weight excluding hydrogens is 296 g/mol. The zero-order chi connectivity index (χ0) is 16.6. The molecule has 3 heterocycles. The highest BCUT2D eigenvalue weighted by Crippen LogP contribution is 2.25. The summed E-state index contributed by atoms with van der Waals surface area (Å²) in [6, 6.07) is 3.66. The Kier molecular flexibility index (Phi) is 4.11. The minimum absolute atomic E-state index is 0.0147. The van der Waals surface area contributed by atoms with Crippen molar-refractivity contribution in [2.24, 2.45) is 0 Å². The van der Waals surface area contributed by atoms with Gasteiger partial charge in [-0.25, -0.2) is 9.78 Å². The average Bonchev–Trinajstić information content (AvgIpc) is 2.81. The second-order valence-corrected chi connectivity index (χ2v) is 6.01. The Morgan fingerprint density at radius 2 is 2.26 bits per heavy atom. The number of carbonyl (C=O) groups is 2. The normalized spacial score (nSPS) is 23.5. The van der Waals surface area contributed by atoms with Gasteiger partial charge in [0.1, 0.15) is 5.56 Å². The van der Waals surface area contributed by atoms with Crippen LogP contribution < -0.4 is 10.1 Å². The molecule has 0 aliphatic carbocycles. The van der Waals surface area contributed by atoms with Crippen molar-refractivity contribution in [3.8, 4) is 5.88 Å². The first-order valence-corrected chi connectivity index (χ1v) is 7.94. The molecule has 3 rings (SSSR count). The smallest absolute Gasteiger partial charge is 0.317 e. The van der Waals surface area contributed by atoms with Gasteiger partial charge in [-0.15, -0.1) is 0 Å². The molecule has 0 saturated carbocycles. The molecule has 1 N–H and O–H groups in total. The first-order chi connectivity index (χ1) is 11.0. The largest absolute Gasteiger partial charge is 0.477 e. The van der Waals surface area contributed by atoms with Crippen molar-refractivity contribution in [2.75, 3.05) is 26.7 Å². The zero-order valence-corrected chi connectivity index (χ0v) is 13.7. The molecular formula is C16H22N4O3. The van der Waals surface area contributed by atoms with E-state index in [4.69, 9.17) is 4.74 Å². The number of hydrogen-bond donors (Lipinski definition) is 1. The summed E-state index contributed by atoms with van der Waals surface area (Å²) in [5.41, 5.74) is 1.29. The average molecular weight is 318 g/mol. The zero-order valence-electron chi connectivity index (χ0n) is 13.7. The number of amides is 3. The molecule has 2 saturated heterocycles. The van der Waals surface area contributed by atoms with Crippen LogP contribution in [-0.2, 0) is 0 Å². The Morgan fingerprint density at radius 1 is 1.48 bits per heavy atom. The lowest BCUT2D eigenvalue weighted by Crippen LogP contribution is -2.52. The standard InChI is InChI=1S/C16H22N4O3/c1-4-23-14-11(6-5-10(2)17-14)15(21)20-8-7-13-12(9-20)18-16(22)19(13)3/h5-6,12-13H,4,7-9H2,1-3H3,(H,18,22)/t12-,13+/m1/s1. The Morgan fingerprint density at radius 3 is 3.00 bits per heavy atom. The highest BCUT2D eigenvalue weighted by atomic mass is 16.5. The van der Waals surface area contributed by atoms with Gasteiger partial charge in [0.2, 0.25) is 5.88 Å². The number of aromatic nitrogens is 1. The summed E-state index contributed by atoms with van der Waals surface area (Å²) in [7, 11) is 1.80. The fourth-order valence-electron chi connectivity index (χ4n) is 3.25. The summed E-state index contributed by atoms with van der Waals surface area (Å²) in [5, 5.41) is 2.94. The summed E-state index contributed by atoms with van der Waals surface area (Å²) in [6.07, 6.45) is 0.773. The number of pyridine rings is 1. The molecule has 3 amide bonds. The number of rotatable bonds is 3. The van der Waals surface area contributed by atoms with E-state index in [0.29, 0.717) is 31.1 Å². The van der Waals surface area contributed by atoms with Gasteiger partial charge in [0.05, 0.1) is 18.7 Å². The molecule has 1 aromatic rings. The van der Waals surface area contributed by atoms with E-state index in [-0.39, 0.29) is 24.0 Å². The van der Waals surface area contributed by atoms with Crippen LogP contribution >= 0.6 is 0 Å². The predicted octanol–water partition coefficient (Wildman–Crippen LogP) is 1.03. The van der Waals surface area contributed by atoms with Crippen molar-refractivity contribution in [3.63, 3.8) is 0 Å². The van der Waals surface area contributed by atoms with Crippen molar-refractivity contribution >= 4 is 11.9 Å². The molecule has 0 aromatic carbocycles. The maximum atomic E-state index is 12.8. The predicted molar refractivity (Wildman–Crippen MR) is 84.5 cm³/mol. The molecule has 124 valence electrons. The maximum absolute atomic E-state index is 12.8. The molecule has 0 spiro atoms. The van der Waals surface area contributed by atoms with Gasteiger partial charge in [-0.1, -0.05) is 0 Å². The van der Waals surface area contributed by atoms with Crippen LogP contribution in [0.25, 0.3) is 0 Å². The highest BCUT2D eigenvalue weighted by molar-refractivity contribution is 5.96. The van der Waals surface area contributed by atoms with Crippen LogP contribution in [0.5, 0.6) is 5.88 Å². The number of piperidine rings is 1. The van der Waals surface area contributed by atoms with Gasteiger partial charge in [0, 0.05) is 25.8 Å². The van der Waals surface area contributed by atoms with Crippen LogP contribution in [0.1, 0.15) is 29.4 Å². The molecule has 0 unspecified atom stereocenters. The maximum Gasteiger partial charge on any atom is 0.317 e. The third-order valence-electron chi connectivity index (χ3n) is 4.50. The second-order valence-electron chi connectivity index (χ2n) is 6.01. The van der Waals surface area contributed by atoms with E-state index in [0.717, 1.165) is 12.1 Å². The quantitative estimate of drug-likeness (QED) is 0.903. The van der Waals surface area contributed by atoms with Gasteiger partial charge in [0.15, 0.2) is 0 Å². The number of aryl methyl sites for hydroxylation is 1. The van der Waals surface area contributed by atoms with Gasteiger partial charge < -0.3 is 19.9 Å². The van der Waals surface area contributed by atoms with Gasteiger partial charge in [-0.3, -0.25) is 4.79 Å². The van der Waals surface area contributed by atoms with Crippen molar-refractivity contribution in [2.45, 2.75) is 32.4 Å². The van der Waals surface area contributed by atoms with E-state index in [1.54, 1.807) is 22.9 Å². The first-order valence-electron chi connectivity index (χ1n) is 7.94. The summed E-state index contributed by atoms with van der Waals surface area (Å²) in [4.78, 5) is 32.4. The number of ether oxygens (including phenoxy) is 1. The Labute approximate surface area is 135 Å². The molecule has 23 heavy (non-hydrogen) atoms. The Hall–Kier alpha value is -2.31. The van der Waals surface area contributed by atoms with E-state index in [1.807, 2.05) is 19.9 Å². The third kappa shape index (κ3) is 2.83. The fraction of sp³-hybridized carbons (Fsp3) is 0.562. The Balaban J connectivity index is 1.78. The SMILES string of the molecule is CCOc1nc(C)ccc1C(=O)N1CC[C@H]2[C@@H](C1)NC(=O)N2C. The lowest BCUT2D eigenvalue weighted by molar-refractivity contribution is 0.0661. The van der Waals surface area contributed by atoms with Gasteiger partial charge in [-0.2, -0.15) is 0 Å². The van der Waals surface area contributed by atoms with Crippen LogP contribution in [0.4, 0.5) is 4.79 Å². The minimum Gasteiger partial charge on any atom is -0.477 e. The van der Waals surface area contributed by atoms with E-state index in [2.05, 4.69) is 10.3 Å². The van der Waals surface area contributed by atoms with E-state index in [1.165, 1.54) is 0 Å². The highest BCUT2D eigenvalue weighted by Gasteiger charge is 2.42. The molecule has 7 nitrogen and oxygen atoms in total. The van der Waals surface area contributed by atoms with Crippen molar-refractivity contribution in [1.82, 2.24) is 20.1 Å². The van der Waals surface area contributed by atoms with E-state index in [9.17, 15) is 9.59 Å². The topological polar surface area (TPSA) is 74.8 Å². The van der Waals surface area contributed by atoms with Crippen LogP contribution in [0.2, 0.25) is 0 Å². The monoisotopic (exact) mass is 318 g/mol. The van der Waals surface area contributed by atoms with Gasteiger partial charge in [-0.05, 0) is 32.4 Å². The lowest BCUT2D eigenvalue weighted by atomic mass is 9.99. The van der Waals surface area contributed by atoms with Crippen LogP contribution in [0, 0.1) is 6.92 Å². The number of nitrogens with one attached hydrogen (secondary N) is 1. The van der Waals surface area contributed by atoms with Crippen LogP contribution in [-0.4, -0.2) is 65.5 Å². The number of nitrogens with zero attached hydrogens (tertiary/aromatic N) is 3. The summed E-state index contributed by atoms with van der Waals surface area (Å²) in [5.74, 6) is 0.287. The van der Waals surface area contributed by atoms with Crippen molar-refractivity contribution in [1.29, 1.82) is 0 Å². The summed E-state index contributed by atoms with van der Waals surface area (Å²) in [6.45, 7) is 5.33. The molecule has 0 bridgehead atoms. The molecule has 2 aliphatic heterocycles. The molecule has 2 atom stereocenters. The second kappa shape index (κ2) is 6.06. The summed E-state index contributed by atoms with van der Waals surface area (Å²) < 4.78 is 5.51. The van der Waals surface area contributed by atoms with Gasteiger partial charge in [0.25, 0.3) is 5.91 Å². The Bertz CT molecular complexity index is 634. The number of likely N-dealkylation sites (tertiary alicyclic amines) is 1. The first kappa shape index (κ1) is 15.6. The fourth-order valence-corrected chi connectivity index (χ4v) is 3.25. The molecule has 7 heteroatoms. The summed E-state index contributed by atoms with van der Waals surface area (Å²) >= 11 is 0. The molecule has 2 aliphatic rings. The van der Waals surface area contributed by atoms with E-state index >= 15 is 0 Å².